The van der Waals surface area contributed by atoms with Crippen LogP contribution in [0.1, 0.15) is 47.2 Å². The molecule has 2 aromatic heterocycles. The minimum absolute atomic E-state index is 0.156. The number of hydrogen-bond acceptors (Lipinski definition) is 4. The Kier molecular flexibility index (Phi) is 6.90. The molecule has 4 nitrogen and oxygen atoms in total. The Morgan fingerprint density at radius 1 is 0.417 bits per heavy atom. The normalized spacial score (nSPS) is 14.7. The predicted molar refractivity (Wildman–Crippen MR) is 244 cm³/mol. The zero-order chi connectivity index (χ0) is 39.7. The van der Waals surface area contributed by atoms with E-state index in [1.165, 1.54) is 76.2 Å². The van der Waals surface area contributed by atoms with Crippen LogP contribution in [0.4, 0.5) is 0 Å². The van der Waals surface area contributed by atoms with Gasteiger partial charge in [-0.05, 0) is 79.9 Å². The van der Waals surface area contributed by atoms with Crippen molar-refractivity contribution < 1.29 is 0 Å². The first-order valence-corrected chi connectivity index (χ1v) is 21.4. The molecular formula is C55H36N4S. The van der Waals surface area contributed by atoms with E-state index in [1.807, 2.05) is 17.8 Å². The molecule has 1 spiro atoms. The second kappa shape index (κ2) is 12.2. The Hall–Kier alpha value is -7.08. The van der Waals surface area contributed by atoms with Crippen LogP contribution in [-0.2, 0) is 10.8 Å². The van der Waals surface area contributed by atoms with E-state index >= 15 is 0 Å². The van der Waals surface area contributed by atoms with E-state index in [0.717, 1.165) is 22.2 Å². The van der Waals surface area contributed by atoms with Crippen LogP contribution in [0.2, 0.25) is 0 Å². The predicted octanol–water partition coefficient (Wildman–Crippen LogP) is 13.4. The molecule has 3 aliphatic rings. The zero-order valence-corrected chi connectivity index (χ0v) is 33.8. The fourth-order valence-electron chi connectivity index (χ4n) is 10.8. The van der Waals surface area contributed by atoms with Crippen molar-refractivity contribution in [3.8, 4) is 51.0 Å². The van der Waals surface area contributed by atoms with Crippen molar-refractivity contribution >= 4 is 33.6 Å². The average Bonchev–Trinajstić information content (AvgIpc) is 3.90. The summed E-state index contributed by atoms with van der Waals surface area (Å²) in [6.07, 6.45) is 0. The highest BCUT2D eigenvalue weighted by Crippen LogP contribution is 2.64. The molecular weight excluding hydrogens is 749 g/mol. The summed E-state index contributed by atoms with van der Waals surface area (Å²) in [6, 6.07) is 66.2. The molecule has 282 valence electrons. The van der Waals surface area contributed by atoms with E-state index in [1.54, 1.807) is 0 Å². The highest BCUT2D eigenvalue weighted by Gasteiger charge is 2.52. The van der Waals surface area contributed by atoms with Crippen LogP contribution in [0.25, 0.3) is 72.8 Å². The number of hydrogen-bond donors (Lipinski definition) is 0. The first kappa shape index (κ1) is 33.8. The summed E-state index contributed by atoms with van der Waals surface area (Å²) in [5.74, 6) is 1.88. The maximum Gasteiger partial charge on any atom is 0.238 e. The van der Waals surface area contributed by atoms with Gasteiger partial charge in [-0.15, -0.1) is 0 Å². The third kappa shape index (κ3) is 4.39. The number of nitrogens with zero attached hydrogens (tertiary/aromatic N) is 4. The summed E-state index contributed by atoms with van der Waals surface area (Å²) in [6.45, 7) is 4.70. The van der Waals surface area contributed by atoms with Gasteiger partial charge in [-0.1, -0.05) is 183 Å². The van der Waals surface area contributed by atoms with Crippen LogP contribution in [-0.4, -0.2) is 19.5 Å². The lowest BCUT2D eigenvalue weighted by atomic mass is 9.70. The highest BCUT2D eigenvalue weighted by atomic mass is 32.2. The molecule has 10 aromatic rings. The molecule has 13 rings (SSSR count). The Morgan fingerprint density at radius 2 is 1.00 bits per heavy atom. The van der Waals surface area contributed by atoms with Gasteiger partial charge in [0.25, 0.3) is 0 Å². The molecule has 0 amide bonds. The van der Waals surface area contributed by atoms with E-state index < -0.39 is 5.41 Å². The number of fused-ring (bicyclic) bond motifs is 15. The summed E-state index contributed by atoms with van der Waals surface area (Å²) in [4.78, 5) is 18.8. The topological polar surface area (TPSA) is 43.6 Å². The van der Waals surface area contributed by atoms with Gasteiger partial charge in [-0.2, -0.15) is 9.97 Å². The minimum Gasteiger partial charge on any atom is -0.278 e. The van der Waals surface area contributed by atoms with Gasteiger partial charge in [0.15, 0.2) is 11.6 Å². The van der Waals surface area contributed by atoms with Gasteiger partial charge in [0.05, 0.1) is 16.4 Å². The SMILES string of the molecule is CC1(C)c2ccccc2Sc2cc3c(cc21)c1ccccc1n3-c1nc(-c2ccccc2)nc(-c2cccc3c2-c2ccccc2C32c3ccccc3-c3ccccc32)n1. The lowest BCUT2D eigenvalue weighted by Gasteiger charge is -2.34. The van der Waals surface area contributed by atoms with Crippen molar-refractivity contribution in [3.63, 3.8) is 0 Å². The number of benzene rings is 8. The summed E-state index contributed by atoms with van der Waals surface area (Å²) >= 11 is 1.85. The Balaban J connectivity index is 1.10. The van der Waals surface area contributed by atoms with Crippen LogP contribution in [0, 0.1) is 0 Å². The average molecular weight is 785 g/mol. The quantitative estimate of drug-likeness (QED) is 0.179. The molecule has 0 radical (unpaired) electrons. The second-order valence-electron chi connectivity index (χ2n) is 16.7. The molecule has 0 unspecified atom stereocenters. The van der Waals surface area contributed by atoms with Crippen molar-refractivity contribution in [1.82, 2.24) is 19.5 Å². The maximum absolute atomic E-state index is 5.54. The van der Waals surface area contributed by atoms with E-state index in [0.29, 0.717) is 17.6 Å². The first-order valence-electron chi connectivity index (χ1n) is 20.6. The Bertz CT molecular complexity index is 3410. The molecule has 3 heterocycles. The fraction of sp³-hybridized carbons (Fsp3) is 0.0727. The molecule has 0 atom stereocenters. The largest absolute Gasteiger partial charge is 0.278 e. The van der Waals surface area contributed by atoms with Crippen molar-refractivity contribution in [1.29, 1.82) is 0 Å². The van der Waals surface area contributed by atoms with E-state index in [9.17, 15) is 0 Å². The summed E-state index contributed by atoms with van der Waals surface area (Å²) in [5.41, 5.74) is 16.3. The van der Waals surface area contributed by atoms with E-state index in [2.05, 4.69) is 194 Å². The van der Waals surface area contributed by atoms with Gasteiger partial charge in [0.1, 0.15) is 0 Å². The molecule has 0 bridgehead atoms. The minimum atomic E-state index is -0.469. The summed E-state index contributed by atoms with van der Waals surface area (Å²) in [5, 5.41) is 2.36. The Morgan fingerprint density at radius 3 is 1.77 bits per heavy atom. The molecule has 8 aromatic carbocycles. The zero-order valence-electron chi connectivity index (χ0n) is 33.0. The lowest BCUT2D eigenvalue weighted by Crippen LogP contribution is -2.25. The molecule has 0 fully saturated rings. The van der Waals surface area contributed by atoms with Gasteiger partial charge in [-0.3, -0.25) is 4.57 Å². The lowest BCUT2D eigenvalue weighted by molar-refractivity contribution is 0.608. The van der Waals surface area contributed by atoms with E-state index in [4.69, 9.17) is 15.0 Å². The maximum atomic E-state index is 5.54. The van der Waals surface area contributed by atoms with Crippen molar-refractivity contribution in [3.05, 3.63) is 215 Å². The number of para-hydroxylation sites is 1. The van der Waals surface area contributed by atoms with Gasteiger partial charge < -0.3 is 0 Å². The molecule has 60 heavy (non-hydrogen) atoms. The fourth-order valence-corrected chi connectivity index (χ4v) is 12.2. The smallest absolute Gasteiger partial charge is 0.238 e. The number of aromatic nitrogens is 4. The van der Waals surface area contributed by atoms with Gasteiger partial charge in [0, 0.05) is 37.1 Å². The first-order chi connectivity index (χ1) is 29.5. The summed E-state index contributed by atoms with van der Waals surface area (Å²) in [7, 11) is 0. The highest BCUT2D eigenvalue weighted by molar-refractivity contribution is 7.99. The van der Waals surface area contributed by atoms with Gasteiger partial charge in [-0.25, -0.2) is 4.98 Å². The third-order valence-corrected chi connectivity index (χ3v) is 14.5. The van der Waals surface area contributed by atoms with Crippen molar-refractivity contribution in [2.45, 2.75) is 34.5 Å². The molecule has 0 saturated heterocycles. The molecule has 1 aliphatic heterocycles. The summed E-state index contributed by atoms with van der Waals surface area (Å²) < 4.78 is 2.26. The molecule has 0 N–H and O–H groups in total. The number of rotatable bonds is 3. The molecule has 0 saturated carbocycles. The van der Waals surface area contributed by atoms with Crippen LogP contribution >= 0.6 is 11.8 Å². The molecule has 5 heteroatoms. The third-order valence-electron chi connectivity index (χ3n) is 13.3. The van der Waals surface area contributed by atoms with Crippen LogP contribution in [0.15, 0.2) is 192 Å². The van der Waals surface area contributed by atoms with E-state index in [-0.39, 0.29) is 5.41 Å². The molecule has 2 aliphatic carbocycles. The Labute approximate surface area is 352 Å². The van der Waals surface area contributed by atoms with Crippen molar-refractivity contribution in [2.24, 2.45) is 0 Å². The van der Waals surface area contributed by atoms with Crippen LogP contribution in [0.5, 0.6) is 0 Å². The van der Waals surface area contributed by atoms with Gasteiger partial charge in [0.2, 0.25) is 5.95 Å². The van der Waals surface area contributed by atoms with Crippen molar-refractivity contribution in [2.75, 3.05) is 0 Å². The van der Waals surface area contributed by atoms with Crippen LogP contribution in [0.3, 0.4) is 0 Å². The second-order valence-corrected chi connectivity index (χ2v) is 17.8. The standard InChI is InChI=1S/C55H36N4S/c1-54(2)43-27-13-15-30-48(43)60-49-32-47-39(31-45(49)54)36-21-9-14-29-46(36)59(47)53-57-51(33-17-4-3-5-18-33)56-52(58-53)38-23-16-28-44-50(38)37-22-8-12-26-42(37)55(44)40-24-10-6-19-34(40)35-20-7-11-25-41(35)55/h3-32H,1-2H3. The monoisotopic (exact) mass is 784 g/mol. The van der Waals surface area contributed by atoms with Gasteiger partial charge >= 0.3 is 0 Å². The van der Waals surface area contributed by atoms with Crippen LogP contribution < -0.4 is 0 Å².